The highest BCUT2D eigenvalue weighted by atomic mass is 35.5. The molecule has 1 aromatic rings. The number of nitrogens with one attached hydrogen (secondary N) is 1. The minimum atomic E-state index is -1.51. The van der Waals surface area contributed by atoms with Crippen LogP contribution in [0.3, 0.4) is 0 Å². The first kappa shape index (κ1) is 31.1. The van der Waals surface area contributed by atoms with Gasteiger partial charge in [0.1, 0.15) is 37.2 Å². The molecule has 1 aliphatic rings. The van der Waals surface area contributed by atoms with E-state index in [1.807, 2.05) is 0 Å². The molecule has 0 aliphatic carbocycles. The molecule has 0 bridgehead atoms. The summed E-state index contributed by atoms with van der Waals surface area (Å²) in [6.45, 7) is 1.74. The first-order valence-electron chi connectivity index (χ1n) is 11.1. The van der Waals surface area contributed by atoms with E-state index < -0.39 is 80.2 Å². The third-order valence-corrected chi connectivity index (χ3v) is 5.41. The Labute approximate surface area is 227 Å². The van der Waals surface area contributed by atoms with Gasteiger partial charge in [0, 0.05) is 25.8 Å². The fourth-order valence-corrected chi connectivity index (χ4v) is 3.84. The van der Waals surface area contributed by atoms with Crippen molar-refractivity contribution in [1.82, 2.24) is 5.32 Å². The van der Waals surface area contributed by atoms with Gasteiger partial charge in [-0.25, -0.2) is 4.79 Å². The Morgan fingerprint density at radius 3 is 2.21 bits per heavy atom. The number of hydrogen-bond donors (Lipinski definition) is 1. The summed E-state index contributed by atoms with van der Waals surface area (Å²) in [7, 11) is 1.13. The quantitative estimate of drug-likeness (QED) is 0.295. The number of halogens is 2. The van der Waals surface area contributed by atoms with Crippen LogP contribution < -0.4 is 10.1 Å². The molecule has 210 valence electrons. The first-order chi connectivity index (χ1) is 17.9. The molecule has 0 saturated carbocycles. The monoisotopic (exact) mass is 579 g/mol. The van der Waals surface area contributed by atoms with Gasteiger partial charge in [-0.15, -0.1) is 0 Å². The van der Waals surface area contributed by atoms with Gasteiger partial charge in [-0.3, -0.25) is 19.2 Å². The zero-order valence-corrected chi connectivity index (χ0v) is 22.4. The van der Waals surface area contributed by atoms with Crippen LogP contribution in [-0.4, -0.2) is 87.4 Å². The van der Waals surface area contributed by atoms with E-state index in [1.54, 1.807) is 0 Å². The topological polar surface area (TPSA) is 162 Å². The second kappa shape index (κ2) is 14.7. The van der Waals surface area contributed by atoms with Crippen LogP contribution in [0, 0.1) is 0 Å². The predicted molar refractivity (Wildman–Crippen MR) is 128 cm³/mol. The SMILES string of the molecule is COC(=O)CO[C@@H]1[C@H](NC(=O)COc2ccc(Cl)cc2Cl)[C@H](OC(C)=O)O[C@@H](COC(C)=O)[C@H]1OC(C)=O. The molecule has 1 amide bonds. The summed E-state index contributed by atoms with van der Waals surface area (Å²) in [5, 5.41) is 3.07. The van der Waals surface area contributed by atoms with E-state index in [1.165, 1.54) is 18.2 Å². The lowest BCUT2D eigenvalue weighted by Crippen LogP contribution is -2.67. The Bertz CT molecular complexity index is 1040. The molecule has 0 aromatic heterocycles. The Balaban J connectivity index is 2.34. The van der Waals surface area contributed by atoms with Gasteiger partial charge in [0.05, 0.1) is 12.1 Å². The molecule has 1 saturated heterocycles. The molecule has 1 heterocycles. The van der Waals surface area contributed by atoms with Crippen molar-refractivity contribution in [1.29, 1.82) is 0 Å². The third-order valence-electron chi connectivity index (χ3n) is 4.88. The molecule has 38 heavy (non-hydrogen) atoms. The molecule has 1 aliphatic heterocycles. The third kappa shape index (κ3) is 9.63. The van der Waals surface area contributed by atoms with Crippen molar-refractivity contribution in [2.24, 2.45) is 0 Å². The maximum absolute atomic E-state index is 12.8. The molecule has 1 N–H and O–H groups in total. The second-order valence-corrected chi connectivity index (χ2v) is 8.68. The Morgan fingerprint density at radius 2 is 1.63 bits per heavy atom. The van der Waals surface area contributed by atoms with Crippen molar-refractivity contribution in [3.63, 3.8) is 0 Å². The van der Waals surface area contributed by atoms with E-state index in [2.05, 4.69) is 10.1 Å². The molecular formula is C23H27Cl2NO12. The van der Waals surface area contributed by atoms with Gasteiger partial charge in [0.25, 0.3) is 5.91 Å². The van der Waals surface area contributed by atoms with Gasteiger partial charge < -0.3 is 38.5 Å². The first-order valence-corrected chi connectivity index (χ1v) is 11.9. The van der Waals surface area contributed by atoms with Crippen LogP contribution in [0.4, 0.5) is 0 Å². The minimum absolute atomic E-state index is 0.159. The van der Waals surface area contributed by atoms with E-state index in [0.29, 0.717) is 5.02 Å². The fourth-order valence-electron chi connectivity index (χ4n) is 3.37. The summed E-state index contributed by atoms with van der Waals surface area (Å²) in [5.41, 5.74) is 0. The molecule has 0 radical (unpaired) electrons. The van der Waals surface area contributed by atoms with E-state index in [-0.39, 0.29) is 10.8 Å². The van der Waals surface area contributed by atoms with Crippen LogP contribution in [0.5, 0.6) is 5.75 Å². The molecular weight excluding hydrogens is 553 g/mol. The van der Waals surface area contributed by atoms with Gasteiger partial charge in [-0.2, -0.15) is 0 Å². The van der Waals surface area contributed by atoms with Crippen molar-refractivity contribution in [2.45, 2.75) is 51.4 Å². The average Bonchev–Trinajstić information content (AvgIpc) is 2.82. The number of carbonyl (C=O) groups excluding carboxylic acids is 5. The predicted octanol–water partition coefficient (Wildman–Crippen LogP) is 1.20. The van der Waals surface area contributed by atoms with Gasteiger partial charge in [0.2, 0.25) is 6.29 Å². The molecule has 2 rings (SSSR count). The summed E-state index contributed by atoms with van der Waals surface area (Å²) < 4.78 is 37.0. The highest BCUT2D eigenvalue weighted by Gasteiger charge is 2.51. The number of rotatable bonds is 11. The second-order valence-electron chi connectivity index (χ2n) is 7.84. The van der Waals surface area contributed by atoms with Gasteiger partial charge in [0.15, 0.2) is 12.7 Å². The van der Waals surface area contributed by atoms with Gasteiger partial charge >= 0.3 is 23.9 Å². The van der Waals surface area contributed by atoms with Crippen molar-refractivity contribution < 1.29 is 57.1 Å². The highest BCUT2D eigenvalue weighted by molar-refractivity contribution is 6.35. The standard InChI is InChI=1S/C23H27Cl2NO12/c1-11(27)33-8-17-21(36-12(2)28)22(35-10-19(31)32-4)20(23(38-17)37-13(3)29)26-18(30)9-34-16-6-5-14(24)7-15(16)25/h5-7,17,20-23H,8-10H2,1-4H3,(H,26,30)/t17-,20-,21+,22+,23+/m0/s1. The van der Waals surface area contributed by atoms with E-state index in [9.17, 15) is 24.0 Å². The van der Waals surface area contributed by atoms with Gasteiger partial charge in [-0.05, 0) is 18.2 Å². The Kier molecular flexibility index (Phi) is 12.0. The maximum Gasteiger partial charge on any atom is 0.331 e. The van der Waals surface area contributed by atoms with Crippen molar-refractivity contribution >= 4 is 53.0 Å². The number of esters is 4. The zero-order valence-electron chi connectivity index (χ0n) is 20.9. The van der Waals surface area contributed by atoms with E-state index in [0.717, 1.165) is 27.9 Å². The van der Waals surface area contributed by atoms with Crippen LogP contribution in [-0.2, 0) is 52.4 Å². The molecule has 15 heteroatoms. The number of benzene rings is 1. The van der Waals surface area contributed by atoms with Crippen LogP contribution in [0.25, 0.3) is 0 Å². The van der Waals surface area contributed by atoms with Gasteiger partial charge in [-0.1, -0.05) is 23.2 Å². The van der Waals surface area contributed by atoms with E-state index >= 15 is 0 Å². The largest absolute Gasteiger partial charge is 0.482 e. The maximum atomic E-state index is 12.8. The lowest BCUT2D eigenvalue weighted by molar-refractivity contribution is -0.274. The summed E-state index contributed by atoms with van der Waals surface area (Å²) in [6, 6.07) is 3.07. The lowest BCUT2D eigenvalue weighted by Gasteiger charge is -2.44. The fraction of sp³-hybridized carbons (Fsp3) is 0.522. The van der Waals surface area contributed by atoms with Crippen LogP contribution in [0.1, 0.15) is 20.8 Å². The van der Waals surface area contributed by atoms with Crippen LogP contribution in [0.2, 0.25) is 10.0 Å². The number of ether oxygens (including phenoxy) is 7. The average molecular weight is 580 g/mol. The number of carbonyl (C=O) groups is 5. The normalized spacial score (nSPS) is 22.5. The summed E-state index contributed by atoms with van der Waals surface area (Å²) in [6.07, 6.45) is -5.36. The van der Waals surface area contributed by atoms with E-state index in [4.69, 9.17) is 51.6 Å². The molecule has 1 fully saturated rings. The molecule has 0 unspecified atom stereocenters. The summed E-state index contributed by atoms with van der Waals surface area (Å²) >= 11 is 11.9. The Morgan fingerprint density at radius 1 is 0.947 bits per heavy atom. The van der Waals surface area contributed by atoms with Crippen molar-refractivity contribution in [2.75, 3.05) is 26.9 Å². The van der Waals surface area contributed by atoms with Crippen LogP contribution >= 0.6 is 23.2 Å². The number of amides is 1. The number of hydrogen-bond acceptors (Lipinski definition) is 12. The molecule has 13 nitrogen and oxygen atoms in total. The van der Waals surface area contributed by atoms with Crippen LogP contribution in [0.15, 0.2) is 18.2 Å². The molecule has 0 spiro atoms. The Hall–Kier alpha value is -3.13. The summed E-state index contributed by atoms with van der Waals surface area (Å²) in [5.74, 6) is -3.59. The highest BCUT2D eigenvalue weighted by Crippen LogP contribution is 2.29. The lowest BCUT2D eigenvalue weighted by atomic mass is 9.96. The zero-order chi connectivity index (χ0) is 28.4. The smallest absolute Gasteiger partial charge is 0.331 e. The van der Waals surface area contributed by atoms with Crippen molar-refractivity contribution in [3.8, 4) is 5.75 Å². The molecule has 1 aromatic carbocycles. The molecule has 5 atom stereocenters. The minimum Gasteiger partial charge on any atom is -0.482 e. The summed E-state index contributed by atoms with van der Waals surface area (Å²) in [4.78, 5) is 59.8. The number of methoxy groups -OCH3 is 1. The van der Waals surface area contributed by atoms with Crippen molar-refractivity contribution in [3.05, 3.63) is 28.2 Å².